The topological polar surface area (TPSA) is 76.7 Å². The molecule has 2 N–H and O–H groups in total. The largest absolute Gasteiger partial charge is 0.492 e. The number of amides is 2. The van der Waals surface area contributed by atoms with Crippen LogP contribution in [0.5, 0.6) is 11.5 Å². The van der Waals surface area contributed by atoms with Crippen molar-refractivity contribution in [1.82, 2.24) is 5.32 Å². The molecule has 1 atom stereocenters. The van der Waals surface area contributed by atoms with Crippen molar-refractivity contribution in [1.29, 1.82) is 0 Å². The fraction of sp³-hybridized carbons (Fsp3) is 0.579. The van der Waals surface area contributed by atoms with Crippen LogP contribution in [0.1, 0.15) is 46.6 Å². The van der Waals surface area contributed by atoms with E-state index in [1.54, 1.807) is 6.07 Å². The lowest BCUT2D eigenvalue weighted by atomic mass is 9.92. The van der Waals surface area contributed by atoms with E-state index < -0.39 is 0 Å². The Morgan fingerprint density at radius 1 is 1.28 bits per heavy atom. The molecule has 1 aromatic carbocycles. The van der Waals surface area contributed by atoms with Gasteiger partial charge in [0.15, 0.2) is 0 Å². The van der Waals surface area contributed by atoms with E-state index in [-0.39, 0.29) is 29.9 Å². The Morgan fingerprint density at radius 2 is 2.00 bits per heavy atom. The van der Waals surface area contributed by atoms with E-state index in [0.29, 0.717) is 24.5 Å². The first kappa shape index (κ1) is 19.1. The van der Waals surface area contributed by atoms with E-state index in [2.05, 4.69) is 10.6 Å². The lowest BCUT2D eigenvalue weighted by Gasteiger charge is -2.17. The molecule has 25 heavy (non-hydrogen) atoms. The summed E-state index contributed by atoms with van der Waals surface area (Å²) in [5, 5.41) is 5.45. The first-order valence-corrected chi connectivity index (χ1v) is 8.71. The van der Waals surface area contributed by atoms with E-state index in [1.165, 1.54) is 0 Å². The average molecular weight is 348 g/mol. The Bertz CT molecular complexity index is 650. The lowest BCUT2D eigenvalue weighted by molar-refractivity contribution is -0.125. The first-order chi connectivity index (χ1) is 11.7. The minimum absolute atomic E-state index is 0.0746. The zero-order valence-electron chi connectivity index (χ0n) is 15.7. The summed E-state index contributed by atoms with van der Waals surface area (Å²) in [4.78, 5) is 24.0. The van der Waals surface area contributed by atoms with Crippen LogP contribution >= 0.6 is 0 Å². The normalized spacial score (nSPS) is 16.0. The first-order valence-electron chi connectivity index (χ1n) is 8.71. The molecule has 0 bridgehead atoms. The zero-order chi connectivity index (χ0) is 18.6. The van der Waals surface area contributed by atoms with Crippen molar-refractivity contribution in [3.63, 3.8) is 0 Å². The van der Waals surface area contributed by atoms with Crippen LogP contribution in [0.25, 0.3) is 0 Å². The highest BCUT2D eigenvalue weighted by molar-refractivity contribution is 5.96. The summed E-state index contributed by atoms with van der Waals surface area (Å²) in [5.41, 5.74) is 1.52. The van der Waals surface area contributed by atoms with Gasteiger partial charge in [-0.05, 0) is 25.3 Å². The van der Waals surface area contributed by atoms with Crippen LogP contribution in [-0.2, 0) is 16.0 Å². The zero-order valence-corrected chi connectivity index (χ0v) is 15.7. The predicted molar refractivity (Wildman–Crippen MR) is 97.1 cm³/mol. The van der Waals surface area contributed by atoms with E-state index in [1.807, 2.05) is 40.7 Å². The van der Waals surface area contributed by atoms with Crippen molar-refractivity contribution in [2.24, 2.45) is 5.41 Å². The molecule has 1 unspecified atom stereocenters. The molecule has 6 heteroatoms. The standard InChI is InChI=1S/C19H28N2O4/c1-6-24-16-8-13-7-12(2)25-15(13)9-14(16)21-18(23)11-20-17(22)10-19(3,4)5/h8-9,12H,6-7,10-11H2,1-5H3,(H,20,22)(H,21,23). The van der Waals surface area contributed by atoms with Gasteiger partial charge in [-0.1, -0.05) is 20.8 Å². The van der Waals surface area contributed by atoms with E-state index >= 15 is 0 Å². The molecule has 0 spiro atoms. The number of nitrogens with one attached hydrogen (secondary N) is 2. The van der Waals surface area contributed by atoms with Crippen molar-refractivity contribution in [2.45, 2.75) is 53.6 Å². The summed E-state index contributed by atoms with van der Waals surface area (Å²) in [5.74, 6) is 0.948. The minimum atomic E-state index is -0.297. The van der Waals surface area contributed by atoms with Crippen LogP contribution < -0.4 is 20.1 Å². The van der Waals surface area contributed by atoms with Gasteiger partial charge in [0, 0.05) is 24.5 Å². The number of hydrogen-bond donors (Lipinski definition) is 2. The molecule has 0 saturated heterocycles. The third kappa shape index (κ3) is 5.66. The van der Waals surface area contributed by atoms with Gasteiger partial charge in [-0.2, -0.15) is 0 Å². The molecule has 0 fully saturated rings. The van der Waals surface area contributed by atoms with Crippen molar-refractivity contribution < 1.29 is 19.1 Å². The predicted octanol–water partition coefficient (Wildman–Crippen LogP) is 2.90. The second-order valence-electron chi connectivity index (χ2n) is 7.58. The molecule has 2 rings (SSSR count). The van der Waals surface area contributed by atoms with Gasteiger partial charge in [-0.15, -0.1) is 0 Å². The summed E-state index contributed by atoms with van der Waals surface area (Å²) in [6.45, 7) is 10.3. The molecule has 0 aliphatic carbocycles. The van der Waals surface area contributed by atoms with E-state index in [4.69, 9.17) is 9.47 Å². The van der Waals surface area contributed by atoms with Crippen molar-refractivity contribution >= 4 is 17.5 Å². The number of rotatable bonds is 6. The number of anilines is 1. The van der Waals surface area contributed by atoms with Crippen LogP contribution in [-0.4, -0.2) is 31.1 Å². The van der Waals surface area contributed by atoms with Gasteiger partial charge in [0.05, 0.1) is 18.8 Å². The Labute approximate surface area is 149 Å². The maximum atomic E-state index is 12.2. The molecule has 1 aromatic rings. The van der Waals surface area contributed by atoms with Gasteiger partial charge < -0.3 is 20.1 Å². The van der Waals surface area contributed by atoms with Crippen molar-refractivity contribution in [3.05, 3.63) is 17.7 Å². The highest BCUT2D eigenvalue weighted by Gasteiger charge is 2.23. The number of benzene rings is 1. The maximum absolute atomic E-state index is 12.2. The molecule has 0 aromatic heterocycles. The van der Waals surface area contributed by atoms with Crippen LogP contribution in [0.15, 0.2) is 12.1 Å². The molecule has 2 amide bonds. The lowest BCUT2D eigenvalue weighted by Crippen LogP contribution is -2.34. The molecular weight excluding hydrogens is 320 g/mol. The average Bonchev–Trinajstić information content (AvgIpc) is 2.83. The Balaban J connectivity index is 2.00. The second kappa shape index (κ2) is 7.76. The third-order valence-electron chi connectivity index (χ3n) is 3.71. The van der Waals surface area contributed by atoms with E-state index in [0.717, 1.165) is 17.7 Å². The van der Waals surface area contributed by atoms with Gasteiger partial charge in [-0.3, -0.25) is 9.59 Å². The maximum Gasteiger partial charge on any atom is 0.243 e. The summed E-state index contributed by atoms with van der Waals surface area (Å²) >= 11 is 0. The van der Waals surface area contributed by atoms with Gasteiger partial charge in [0.1, 0.15) is 17.6 Å². The Morgan fingerprint density at radius 3 is 2.64 bits per heavy atom. The molecule has 0 saturated carbocycles. The smallest absolute Gasteiger partial charge is 0.243 e. The SMILES string of the molecule is CCOc1cc2c(cc1NC(=O)CNC(=O)CC(C)(C)C)OC(C)C2. The summed E-state index contributed by atoms with van der Waals surface area (Å²) in [6.07, 6.45) is 1.31. The quantitative estimate of drug-likeness (QED) is 0.829. The summed E-state index contributed by atoms with van der Waals surface area (Å²) in [7, 11) is 0. The van der Waals surface area contributed by atoms with Crippen molar-refractivity contribution in [2.75, 3.05) is 18.5 Å². The Hall–Kier alpha value is -2.24. The van der Waals surface area contributed by atoms with Gasteiger partial charge in [0.25, 0.3) is 0 Å². The van der Waals surface area contributed by atoms with Crippen LogP contribution in [0.4, 0.5) is 5.69 Å². The van der Waals surface area contributed by atoms with E-state index in [9.17, 15) is 9.59 Å². The van der Waals surface area contributed by atoms with Gasteiger partial charge in [-0.25, -0.2) is 0 Å². The molecular formula is C19H28N2O4. The third-order valence-corrected chi connectivity index (χ3v) is 3.71. The number of carbonyl (C=O) groups excluding carboxylic acids is 2. The van der Waals surface area contributed by atoms with Crippen LogP contribution in [0, 0.1) is 5.41 Å². The molecule has 1 aliphatic heterocycles. The fourth-order valence-corrected chi connectivity index (χ4v) is 2.73. The minimum Gasteiger partial charge on any atom is -0.492 e. The van der Waals surface area contributed by atoms with Gasteiger partial charge in [0.2, 0.25) is 11.8 Å². The van der Waals surface area contributed by atoms with Crippen molar-refractivity contribution in [3.8, 4) is 11.5 Å². The molecule has 1 aliphatic rings. The number of hydrogen-bond acceptors (Lipinski definition) is 4. The Kier molecular flexibility index (Phi) is 5.93. The number of carbonyl (C=O) groups is 2. The van der Waals surface area contributed by atoms with Crippen LogP contribution in [0.2, 0.25) is 0 Å². The highest BCUT2D eigenvalue weighted by Crippen LogP contribution is 2.38. The summed E-state index contributed by atoms with van der Waals surface area (Å²) in [6, 6.07) is 3.70. The fourth-order valence-electron chi connectivity index (χ4n) is 2.73. The molecule has 138 valence electrons. The molecule has 1 heterocycles. The monoisotopic (exact) mass is 348 g/mol. The number of fused-ring (bicyclic) bond motifs is 1. The van der Waals surface area contributed by atoms with Gasteiger partial charge >= 0.3 is 0 Å². The second-order valence-corrected chi connectivity index (χ2v) is 7.58. The summed E-state index contributed by atoms with van der Waals surface area (Å²) < 4.78 is 11.4. The molecule has 0 radical (unpaired) electrons. The molecule has 6 nitrogen and oxygen atoms in total. The number of ether oxygens (including phenoxy) is 2. The van der Waals surface area contributed by atoms with Crippen LogP contribution in [0.3, 0.4) is 0 Å². The highest BCUT2D eigenvalue weighted by atomic mass is 16.5.